The van der Waals surface area contributed by atoms with Crippen molar-refractivity contribution in [3.05, 3.63) is 89.7 Å². The second kappa shape index (κ2) is 10.7. The van der Waals surface area contributed by atoms with Crippen LogP contribution in [-0.2, 0) is 7.05 Å². The van der Waals surface area contributed by atoms with Gasteiger partial charge in [-0.3, -0.25) is 0 Å². The smallest absolute Gasteiger partial charge is 0.320 e. The highest BCUT2D eigenvalue weighted by Gasteiger charge is 2.43. The third-order valence-corrected chi connectivity index (χ3v) is 8.20. The molecule has 1 aliphatic carbocycles. The molecule has 5 rings (SSSR count). The number of fused-ring (bicyclic) bond motifs is 1. The van der Waals surface area contributed by atoms with E-state index in [1.54, 1.807) is 28.5 Å². The topological polar surface area (TPSA) is 40.4 Å². The molecule has 0 bridgehead atoms. The van der Waals surface area contributed by atoms with Crippen molar-refractivity contribution in [2.24, 2.45) is 18.9 Å². The average molecular weight is 539 g/mol. The number of rotatable bonds is 9. The predicted octanol–water partition coefficient (Wildman–Crippen LogP) is 6.55. The van der Waals surface area contributed by atoms with E-state index in [0.29, 0.717) is 29.8 Å². The van der Waals surface area contributed by atoms with Crippen LogP contribution in [0.1, 0.15) is 56.8 Å². The van der Waals surface area contributed by atoms with E-state index in [9.17, 15) is 13.2 Å². The Morgan fingerprint density at radius 2 is 1.95 bits per heavy atom. The van der Waals surface area contributed by atoms with Crippen LogP contribution in [0.15, 0.2) is 78.3 Å². The van der Waals surface area contributed by atoms with Crippen LogP contribution in [0.2, 0.25) is 0 Å². The lowest BCUT2D eigenvalue weighted by Crippen LogP contribution is -2.30. The number of halogens is 3. The molecule has 3 aliphatic rings. The average Bonchev–Trinajstić information content (AvgIpc) is 3.43. The number of likely N-dealkylation sites (N-methyl/N-ethyl adjacent to an activating group) is 1. The largest absolute Gasteiger partial charge is 0.418 e. The maximum absolute atomic E-state index is 14.3. The van der Waals surface area contributed by atoms with E-state index in [2.05, 4.69) is 47.7 Å². The van der Waals surface area contributed by atoms with Gasteiger partial charge in [0.2, 0.25) is 0 Å². The van der Waals surface area contributed by atoms with Crippen molar-refractivity contribution >= 4 is 5.69 Å². The van der Waals surface area contributed by atoms with Crippen LogP contribution < -0.4 is 4.90 Å². The summed E-state index contributed by atoms with van der Waals surface area (Å²) >= 11 is 0. The summed E-state index contributed by atoms with van der Waals surface area (Å²) in [5, 5.41) is 8.50. The van der Waals surface area contributed by atoms with Gasteiger partial charge in [0.25, 0.3) is 0 Å². The predicted molar refractivity (Wildman–Crippen MR) is 147 cm³/mol. The monoisotopic (exact) mass is 538 g/mol. The van der Waals surface area contributed by atoms with E-state index in [1.807, 2.05) is 30.8 Å². The van der Waals surface area contributed by atoms with E-state index >= 15 is 0 Å². The summed E-state index contributed by atoms with van der Waals surface area (Å²) in [6.07, 6.45) is 6.30. The van der Waals surface area contributed by atoms with Gasteiger partial charge in [-0.15, -0.1) is 10.2 Å². The quantitative estimate of drug-likeness (QED) is 0.362. The minimum atomic E-state index is -4.49. The molecule has 1 fully saturated rings. The summed E-state index contributed by atoms with van der Waals surface area (Å²) in [5.41, 5.74) is 1.91. The van der Waals surface area contributed by atoms with Crippen LogP contribution in [0, 0.1) is 11.8 Å². The van der Waals surface area contributed by atoms with Crippen LogP contribution >= 0.6 is 0 Å². The van der Waals surface area contributed by atoms with Crippen molar-refractivity contribution in [3.8, 4) is 0 Å². The molecule has 39 heavy (non-hydrogen) atoms. The number of nitrogens with zero attached hydrogens (tertiary/aromatic N) is 6. The standard InChI is InChI=1S/C30H37F3N6/c1-6-20(2)15-36(4)16-22-13-26(30(31,32)33)27-18-38(21(3)39(27)17-22)25-12-8-11-24(14-25)28(23-9-7-10-23)29-35-34-19-37(29)5/h8,11-14,17-20,23,28H,3,6-7,9-10,15-16H2,1-2,4-5H3. The summed E-state index contributed by atoms with van der Waals surface area (Å²) in [6.45, 7) is 9.73. The number of aromatic nitrogens is 3. The Kier molecular flexibility index (Phi) is 7.46. The molecule has 2 aromatic rings. The first kappa shape index (κ1) is 27.2. The normalized spacial score (nSPS) is 19.5. The van der Waals surface area contributed by atoms with Crippen LogP contribution in [-0.4, -0.2) is 50.9 Å². The highest BCUT2D eigenvalue weighted by Crippen LogP contribution is 2.46. The number of anilines is 1. The molecule has 1 aromatic heterocycles. The van der Waals surface area contributed by atoms with Crippen LogP contribution in [0.25, 0.3) is 0 Å². The van der Waals surface area contributed by atoms with Gasteiger partial charge >= 0.3 is 6.18 Å². The maximum atomic E-state index is 14.3. The summed E-state index contributed by atoms with van der Waals surface area (Å²) in [5.74, 6) is 2.39. The lowest BCUT2D eigenvalue weighted by molar-refractivity contribution is -0.0909. The van der Waals surface area contributed by atoms with Gasteiger partial charge in [0.1, 0.15) is 18.0 Å². The molecular weight excluding hydrogens is 501 g/mol. The molecule has 208 valence electrons. The number of aryl methyl sites for hydroxylation is 1. The van der Waals surface area contributed by atoms with Gasteiger partial charge in [0.05, 0.1) is 11.3 Å². The number of hydrogen-bond donors (Lipinski definition) is 0. The first-order valence-electron chi connectivity index (χ1n) is 13.7. The second-order valence-electron chi connectivity index (χ2n) is 11.2. The fraction of sp³-hybridized carbons (Fsp3) is 0.467. The molecule has 0 spiro atoms. The van der Waals surface area contributed by atoms with Crippen LogP contribution in [0.3, 0.4) is 0 Å². The van der Waals surface area contributed by atoms with Crippen molar-refractivity contribution in [1.29, 1.82) is 0 Å². The molecule has 6 nitrogen and oxygen atoms in total. The lowest BCUT2D eigenvalue weighted by atomic mass is 9.72. The van der Waals surface area contributed by atoms with Crippen molar-refractivity contribution in [2.45, 2.75) is 51.6 Å². The van der Waals surface area contributed by atoms with Crippen LogP contribution in [0.5, 0.6) is 0 Å². The number of hydrogen-bond acceptors (Lipinski definition) is 5. The van der Waals surface area contributed by atoms with Crippen molar-refractivity contribution in [2.75, 3.05) is 25.0 Å². The van der Waals surface area contributed by atoms with Gasteiger partial charge in [-0.05, 0) is 61.1 Å². The zero-order valence-corrected chi connectivity index (χ0v) is 23.1. The van der Waals surface area contributed by atoms with Gasteiger partial charge in [0, 0.05) is 44.1 Å². The molecule has 3 heterocycles. The van der Waals surface area contributed by atoms with Gasteiger partial charge in [-0.25, -0.2) is 0 Å². The minimum absolute atomic E-state index is 0.0792. The van der Waals surface area contributed by atoms with Gasteiger partial charge in [-0.1, -0.05) is 45.4 Å². The van der Waals surface area contributed by atoms with Crippen LogP contribution in [0.4, 0.5) is 18.9 Å². The number of benzene rings is 1. The lowest BCUT2D eigenvalue weighted by Gasteiger charge is -2.34. The molecule has 0 amide bonds. The number of allylic oxidation sites excluding steroid dienone is 1. The van der Waals surface area contributed by atoms with E-state index < -0.39 is 11.7 Å². The Labute approximate surface area is 228 Å². The third-order valence-electron chi connectivity index (χ3n) is 8.20. The zero-order chi connectivity index (χ0) is 27.9. The Hall–Kier alpha value is -3.33. The van der Waals surface area contributed by atoms with Crippen molar-refractivity contribution < 1.29 is 13.2 Å². The Balaban J connectivity index is 1.46. The first-order chi connectivity index (χ1) is 18.6. The fourth-order valence-electron chi connectivity index (χ4n) is 5.74. The van der Waals surface area contributed by atoms with Crippen molar-refractivity contribution in [1.82, 2.24) is 24.6 Å². The molecule has 1 aromatic carbocycles. The Morgan fingerprint density at radius 1 is 1.18 bits per heavy atom. The molecule has 0 saturated heterocycles. The van der Waals surface area contributed by atoms with E-state index in [4.69, 9.17) is 0 Å². The SMILES string of the molecule is C=C1N2C=C(CN(C)CC(C)CC)C=C(C(F)(F)F)C2=CN1c1cccc(C(c2nncn2C)C2CCC2)c1. The summed E-state index contributed by atoms with van der Waals surface area (Å²) in [7, 11) is 3.90. The zero-order valence-electron chi connectivity index (χ0n) is 23.1. The van der Waals surface area contributed by atoms with E-state index in [-0.39, 0.29) is 11.6 Å². The molecule has 0 radical (unpaired) electrons. The fourth-order valence-corrected chi connectivity index (χ4v) is 5.74. The second-order valence-corrected chi connectivity index (χ2v) is 11.2. The Bertz CT molecular complexity index is 1320. The van der Waals surface area contributed by atoms with E-state index in [0.717, 1.165) is 42.9 Å². The van der Waals surface area contributed by atoms with Gasteiger partial charge < -0.3 is 19.3 Å². The summed E-state index contributed by atoms with van der Waals surface area (Å²) in [6, 6.07) is 8.01. The molecule has 2 atom stereocenters. The third kappa shape index (κ3) is 5.41. The molecule has 9 heteroatoms. The Morgan fingerprint density at radius 3 is 2.56 bits per heavy atom. The minimum Gasteiger partial charge on any atom is -0.320 e. The molecule has 2 unspecified atom stereocenters. The summed E-state index contributed by atoms with van der Waals surface area (Å²) in [4.78, 5) is 5.41. The van der Waals surface area contributed by atoms with Crippen molar-refractivity contribution in [3.63, 3.8) is 0 Å². The molecule has 1 saturated carbocycles. The highest BCUT2D eigenvalue weighted by molar-refractivity contribution is 5.64. The molecular formula is C30H37F3N6. The van der Waals surface area contributed by atoms with E-state index in [1.165, 1.54) is 12.5 Å². The summed E-state index contributed by atoms with van der Waals surface area (Å²) < 4.78 is 44.8. The first-order valence-corrected chi connectivity index (χ1v) is 13.7. The van der Waals surface area contributed by atoms with Gasteiger partial charge in [-0.2, -0.15) is 13.2 Å². The molecule has 0 N–H and O–H groups in total. The number of alkyl halides is 3. The van der Waals surface area contributed by atoms with Gasteiger partial charge in [0.15, 0.2) is 0 Å². The highest BCUT2D eigenvalue weighted by atomic mass is 19.4. The maximum Gasteiger partial charge on any atom is 0.418 e. The molecule has 2 aliphatic heterocycles.